The first-order valence-corrected chi connectivity index (χ1v) is 8.86. The van der Waals surface area contributed by atoms with Gasteiger partial charge in [-0.1, -0.05) is 37.8 Å². The van der Waals surface area contributed by atoms with E-state index < -0.39 is 5.91 Å². The highest BCUT2D eigenvalue weighted by atomic mass is 16.5. The monoisotopic (exact) mass is 380 g/mol. The number of carbonyl (C=O) groups excluding carboxylic acids is 2. The molecule has 28 heavy (non-hydrogen) atoms. The summed E-state index contributed by atoms with van der Waals surface area (Å²) in [7, 11) is 1.54. The van der Waals surface area contributed by atoms with Crippen molar-refractivity contribution in [1.82, 2.24) is 10.9 Å². The van der Waals surface area contributed by atoms with Crippen LogP contribution < -0.4 is 20.3 Å². The molecule has 6 nitrogen and oxygen atoms in total. The summed E-state index contributed by atoms with van der Waals surface area (Å²) in [6, 6.07) is 12.5. The van der Waals surface area contributed by atoms with Crippen molar-refractivity contribution in [3.05, 3.63) is 77.9 Å². The summed E-state index contributed by atoms with van der Waals surface area (Å²) in [6.45, 7) is 6.01. The van der Waals surface area contributed by atoms with E-state index in [1.54, 1.807) is 49.6 Å². The number of rotatable bonds is 8. The second kappa shape index (κ2) is 10.6. The van der Waals surface area contributed by atoms with E-state index >= 15 is 0 Å². The molecule has 2 aromatic rings. The fourth-order valence-electron chi connectivity index (χ4n) is 2.35. The maximum Gasteiger partial charge on any atom is 0.269 e. The number of nitrogens with one attached hydrogen (secondary N) is 2. The van der Waals surface area contributed by atoms with Crippen molar-refractivity contribution < 1.29 is 19.1 Å². The quantitative estimate of drug-likeness (QED) is 0.419. The molecule has 0 heterocycles. The number of hydrazine groups is 1. The second-order valence-corrected chi connectivity index (χ2v) is 5.84. The number of benzene rings is 2. The summed E-state index contributed by atoms with van der Waals surface area (Å²) in [5.41, 5.74) is 7.10. The molecular formula is C22H24N2O4. The Bertz CT molecular complexity index is 857. The maximum absolute atomic E-state index is 12.0. The van der Waals surface area contributed by atoms with Gasteiger partial charge in [-0.05, 0) is 47.9 Å². The van der Waals surface area contributed by atoms with Gasteiger partial charge >= 0.3 is 0 Å². The molecule has 2 rings (SSSR count). The highest BCUT2D eigenvalue weighted by Gasteiger charge is 2.07. The van der Waals surface area contributed by atoms with E-state index in [0.717, 1.165) is 17.5 Å². The molecule has 0 aliphatic rings. The Hall–Kier alpha value is -3.54. The minimum Gasteiger partial charge on any atom is -0.493 e. The van der Waals surface area contributed by atoms with Crippen molar-refractivity contribution in [2.45, 2.75) is 13.3 Å². The lowest BCUT2D eigenvalue weighted by atomic mass is 10.1. The standard InChI is InChI=1S/C22H24N2O4/c1-4-14-28-19-12-8-17(15-20(19)27-3)9-13-21(25)23-24-22(26)18-10-6-16(5-2)7-11-18/h4,6-13,15H,1,5,14H2,2-3H3,(H,23,25)(H,24,26)/b13-9+. The van der Waals surface area contributed by atoms with Crippen molar-refractivity contribution in [3.63, 3.8) is 0 Å². The number of hydrogen-bond acceptors (Lipinski definition) is 4. The highest BCUT2D eigenvalue weighted by Crippen LogP contribution is 2.28. The zero-order valence-electron chi connectivity index (χ0n) is 16.0. The lowest BCUT2D eigenvalue weighted by molar-refractivity contribution is -0.117. The first kappa shape index (κ1) is 20.8. The van der Waals surface area contributed by atoms with Gasteiger partial charge in [-0.2, -0.15) is 0 Å². The molecule has 2 aromatic carbocycles. The molecule has 0 fully saturated rings. The van der Waals surface area contributed by atoms with Crippen molar-refractivity contribution >= 4 is 17.9 Å². The largest absolute Gasteiger partial charge is 0.493 e. The van der Waals surface area contributed by atoms with E-state index in [1.807, 2.05) is 19.1 Å². The zero-order valence-corrected chi connectivity index (χ0v) is 16.0. The van der Waals surface area contributed by atoms with E-state index in [-0.39, 0.29) is 5.91 Å². The van der Waals surface area contributed by atoms with Crippen LogP contribution >= 0.6 is 0 Å². The van der Waals surface area contributed by atoms with Crippen molar-refractivity contribution in [1.29, 1.82) is 0 Å². The van der Waals surface area contributed by atoms with Gasteiger partial charge in [0.2, 0.25) is 0 Å². The average molecular weight is 380 g/mol. The van der Waals surface area contributed by atoms with Gasteiger partial charge in [0.05, 0.1) is 7.11 Å². The molecule has 0 aliphatic carbocycles. The molecule has 0 atom stereocenters. The molecule has 0 aromatic heterocycles. The molecule has 0 spiro atoms. The van der Waals surface area contributed by atoms with Crippen molar-refractivity contribution in [3.8, 4) is 11.5 Å². The molecule has 0 saturated heterocycles. The zero-order chi connectivity index (χ0) is 20.4. The smallest absolute Gasteiger partial charge is 0.269 e. The summed E-state index contributed by atoms with van der Waals surface area (Å²) >= 11 is 0. The Balaban J connectivity index is 1.91. The van der Waals surface area contributed by atoms with Gasteiger partial charge < -0.3 is 9.47 Å². The number of hydrogen-bond donors (Lipinski definition) is 2. The lowest BCUT2D eigenvalue weighted by Gasteiger charge is -2.09. The van der Waals surface area contributed by atoms with E-state index in [2.05, 4.69) is 17.4 Å². The molecule has 2 amide bonds. The Morgan fingerprint density at radius 2 is 1.82 bits per heavy atom. The van der Waals surface area contributed by atoms with Crippen molar-refractivity contribution in [2.75, 3.05) is 13.7 Å². The first-order valence-electron chi connectivity index (χ1n) is 8.86. The van der Waals surface area contributed by atoms with Gasteiger partial charge in [-0.15, -0.1) is 0 Å². The molecule has 0 saturated carbocycles. The van der Waals surface area contributed by atoms with Crippen molar-refractivity contribution in [2.24, 2.45) is 0 Å². The van der Waals surface area contributed by atoms with Crippen LogP contribution in [0.1, 0.15) is 28.4 Å². The predicted molar refractivity (Wildman–Crippen MR) is 109 cm³/mol. The fraction of sp³-hybridized carbons (Fsp3) is 0.182. The summed E-state index contributed by atoms with van der Waals surface area (Å²) in [5, 5.41) is 0. The van der Waals surface area contributed by atoms with E-state index in [9.17, 15) is 9.59 Å². The molecule has 0 bridgehead atoms. The van der Waals surface area contributed by atoms with Gasteiger partial charge in [0.25, 0.3) is 11.8 Å². The molecule has 0 unspecified atom stereocenters. The SMILES string of the molecule is C=CCOc1ccc(/C=C/C(=O)NNC(=O)c2ccc(CC)cc2)cc1OC. The summed E-state index contributed by atoms with van der Waals surface area (Å²) in [5.74, 6) is 0.304. The third kappa shape index (κ3) is 6.02. The fourth-order valence-corrected chi connectivity index (χ4v) is 2.35. The number of carbonyl (C=O) groups is 2. The molecule has 0 aliphatic heterocycles. The first-order chi connectivity index (χ1) is 13.6. The van der Waals surface area contributed by atoms with Crippen LogP contribution in [0, 0.1) is 0 Å². The summed E-state index contributed by atoms with van der Waals surface area (Å²) in [6.07, 6.45) is 5.47. The van der Waals surface area contributed by atoms with Gasteiger partial charge in [-0.3, -0.25) is 20.4 Å². The normalized spacial score (nSPS) is 10.4. The Morgan fingerprint density at radius 3 is 2.46 bits per heavy atom. The molecular weight excluding hydrogens is 356 g/mol. The lowest BCUT2D eigenvalue weighted by Crippen LogP contribution is -2.40. The molecule has 2 N–H and O–H groups in total. The van der Waals surface area contributed by atoms with Gasteiger partial charge in [0.15, 0.2) is 11.5 Å². The van der Waals surface area contributed by atoms with E-state index in [4.69, 9.17) is 9.47 Å². The van der Waals surface area contributed by atoms with Crippen LogP contribution in [-0.2, 0) is 11.2 Å². The summed E-state index contributed by atoms with van der Waals surface area (Å²) in [4.78, 5) is 24.0. The number of aryl methyl sites for hydroxylation is 1. The molecule has 6 heteroatoms. The van der Waals surface area contributed by atoms with Crippen LogP contribution in [0.5, 0.6) is 11.5 Å². The van der Waals surface area contributed by atoms with Crippen LogP contribution in [0.2, 0.25) is 0 Å². The predicted octanol–water partition coefficient (Wildman–Crippen LogP) is 3.30. The van der Waals surface area contributed by atoms with Crippen LogP contribution in [0.3, 0.4) is 0 Å². The number of ether oxygens (including phenoxy) is 2. The van der Waals surface area contributed by atoms with E-state index in [1.165, 1.54) is 6.08 Å². The van der Waals surface area contributed by atoms with Crippen LogP contribution in [-0.4, -0.2) is 25.5 Å². The highest BCUT2D eigenvalue weighted by molar-refractivity contribution is 5.97. The molecule has 146 valence electrons. The summed E-state index contributed by atoms with van der Waals surface area (Å²) < 4.78 is 10.8. The third-order valence-electron chi connectivity index (χ3n) is 3.90. The minimum absolute atomic E-state index is 0.370. The minimum atomic E-state index is -0.454. The van der Waals surface area contributed by atoms with E-state index in [0.29, 0.717) is 23.7 Å². The molecule has 0 radical (unpaired) electrons. The topological polar surface area (TPSA) is 76.7 Å². The number of amides is 2. The van der Waals surface area contributed by atoms with Crippen LogP contribution in [0.4, 0.5) is 0 Å². The van der Waals surface area contributed by atoms with Crippen LogP contribution in [0.15, 0.2) is 61.2 Å². The Labute approximate surface area is 164 Å². The van der Waals surface area contributed by atoms with Gasteiger partial charge in [0.1, 0.15) is 6.61 Å². The maximum atomic E-state index is 12.0. The Kier molecular flexibility index (Phi) is 7.84. The third-order valence-corrected chi connectivity index (χ3v) is 3.90. The Morgan fingerprint density at radius 1 is 1.07 bits per heavy atom. The van der Waals surface area contributed by atoms with Gasteiger partial charge in [0, 0.05) is 11.6 Å². The second-order valence-electron chi connectivity index (χ2n) is 5.84. The number of methoxy groups -OCH3 is 1. The van der Waals surface area contributed by atoms with Crippen LogP contribution in [0.25, 0.3) is 6.08 Å². The van der Waals surface area contributed by atoms with Gasteiger partial charge in [-0.25, -0.2) is 0 Å². The average Bonchev–Trinajstić information content (AvgIpc) is 2.74.